The number of hydrogen-bond donors (Lipinski definition) is 0. The average Bonchev–Trinajstić information content (AvgIpc) is 2.12. The van der Waals surface area contributed by atoms with Gasteiger partial charge in [0.05, 0.1) is 6.61 Å². The van der Waals surface area contributed by atoms with E-state index in [0.29, 0.717) is 0 Å². The Balaban J connectivity index is 4.24. The summed E-state index contributed by atoms with van der Waals surface area (Å²) in [5, 5.41) is 0. The summed E-state index contributed by atoms with van der Waals surface area (Å²) in [6.45, 7) is 2.69. The molecule has 0 saturated heterocycles. The van der Waals surface area contributed by atoms with Gasteiger partial charge in [-0.1, -0.05) is 6.58 Å². The summed E-state index contributed by atoms with van der Waals surface area (Å²) in [4.78, 5) is 10.8. The van der Waals surface area contributed by atoms with Crippen molar-refractivity contribution in [2.24, 2.45) is 0 Å². The van der Waals surface area contributed by atoms with Gasteiger partial charge in [0, 0.05) is 5.57 Å². The largest absolute Gasteiger partial charge is 0.460 e. The minimum Gasteiger partial charge on any atom is -0.460 e. The zero-order chi connectivity index (χ0) is 14.6. The van der Waals surface area contributed by atoms with Gasteiger partial charge in [0.15, 0.2) is 0 Å². The van der Waals surface area contributed by atoms with E-state index in [1.807, 2.05) is 0 Å². The Morgan fingerprint density at radius 2 is 1.56 bits per heavy atom. The summed E-state index contributed by atoms with van der Waals surface area (Å²) in [6.07, 6.45) is -15.0. The van der Waals surface area contributed by atoms with E-state index in [0.717, 1.165) is 0 Å². The van der Waals surface area contributed by atoms with E-state index in [9.17, 15) is 31.1 Å². The lowest BCUT2D eigenvalue weighted by Gasteiger charge is -2.22. The smallest absolute Gasteiger partial charge is 0.423 e. The van der Waals surface area contributed by atoms with Crippen molar-refractivity contribution in [2.75, 3.05) is 13.2 Å². The Labute approximate surface area is 98.4 Å². The van der Waals surface area contributed by atoms with Gasteiger partial charge in [-0.25, -0.2) is 4.79 Å². The predicted molar refractivity (Wildman–Crippen MR) is 47.6 cm³/mol. The molecule has 0 N–H and O–H groups in total. The molecule has 0 atom stereocenters. The third kappa shape index (κ3) is 5.89. The van der Waals surface area contributed by atoms with Crippen molar-refractivity contribution in [1.82, 2.24) is 0 Å². The molecule has 0 amide bonds. The molecule has 0 aliphatic heterocycles. The molecule has 0 fully saturated rings. The molecule has 0 aliphatic rings. The lowest BCUT2D eigenvalue weighted by Crippen LogP contribution is -2.44. The Morgan fingerprint density at radius 3 is 1.89 bits per heavy atom. The summed E-state index contributed by atoms with van der Waals surface area (Å²) in [7, 11) is 0. The zero-order valence-electron chi connectivity index (χ0n) is 9.19. The quantitative estimate of drug-likeness (QED) is 0.336. The first-order valence-corrected chi connectivity index (χ1v) is 4.54. The molecule has 0 bridgehead atoms. The van der Waals surface area contributed by atoms with Crippen molar-refractivity contribution in [3.05, 3.63) is 12.2 Å². The van der Waals surface area contributed by atoms with Gasteiger partial charge in [-0.15, -0.1) is 0 Å². The number of carbonyl (C=O) groups is 1. The molecular weight excluding hydrogens is 270 g/mol. The van der Waals surface area contributed by atoms with E-state index in [2.05, 4.69) is 16.1 Å². The molecule has 0 aromatic carbocycles. The van der Waals surface area contributed by atoms with Crippen LogP contribution in [0.15, 0.2) is 12.2 Å². The van der Waals surface area contributed by atoms with Crippen molar-refractivity contribution in [2.45, 2.75) is 25.4 Å². The third-order valence-corrected chi connectivity index (χ3v) is 1.54. The molecule has 0 aromatic heterocycles. The molecule has 9 heteroatoms. The summed E-state index contributed by atoms with van der Waals surface area (Å²) in [5.74, 6) is -0.922. The molecule has 0 unspecified atom stereocenters. The second-order valence-electron chi connectivity index (χ2n) is 3.25. The maximum absolute atomic E-state index is 12.0. The predicted octanol–water partition coefficient (Wildman–Crippen LogP) is 2.62. The Hall–Kier alpha value is -1.25. The number of alkyl halides is 6. The monoisotopic (exact) mass is 280 g/mol. The van der Waals surface area contributed by atoms with Crippen molar-refractivity contribution in [1.29, 1.82) is 0 Å². The summed E-state index contributed by atoms with van der Waals surface area (Å²) >= 11 is 0. The number of carbonyl (C=O) groups excluding carboxylic acids is 1. The van der Waals surface area contributed by atoms with Crippen LogP contribution in [0.3, 0.4) is 0 Å². The minimum absolute atomic E-state index is 0.0295. The molecule has 18 heavy (non-hydrogen) atoms. The Bertz CT molecular complexity index is 292. The summed E-state index contributed by atoms with van der Waals surface area (Å²) < 4.78 is 79.7. The van der Waals surface area contributed by atoms with Gasteiger partial charge in [-0.2, -0.15) is 26.3 Å². The van der Waals surface area contributed by atoms with E-state index in [1.54, 1.807) is 0 Å². The number of hydrogen-bond acceptors (Lipinski definition) is 3. The SMILES string of the molecule is C=C(C)C(=O)OCCOC(C(F)(F)F)C(F)(F)F. The maximum atomic E-state index is 12.0. The van der Waals surface area contributed by atoms with Gasteiger partial charge in [0.25, 0.3) is 0 Å². The number of esters is 1. The lowest BCUT2D eigenvalue weighted by atomic mass is 10.3. The first kappa shape index (κ1) is 16.8. The maximum Gasteiger partial charge on any atom is 0.423 e. The first-order chi connectivity index (χ1) is 7.96. The normalized spacial score (nSPS) is 12.7. The van der Waals surface area contributed by atoms with Crippen LogP contribution in [0.4, 0.5) is 26.3 Å². The topological polar surface area (TPSA) is 35.5 Å². The van der Waals surface area contributed by atoms with Crippen LogP contribution in [0.2, 0.25) is 0 Å². The van der Waals surface area contributed by atoms with Gasteiger partial charge < -0.3 is 9.47 Å². The van der Waals surface area contributed by atoms with Gasteiger partial charge in [-0.3, -0.25) is 0 Å². The molecule has 0 spiro atoms. The molecular formula is C9H10F6O3. The second-order valence-corrected chi connectivity index (χ2v) is 3.25. The second kappa shape index (κ2) is 6.07. The van der Waals surface area contributed by atoms with Crippen LogP contribution in [-0.4, -0.2) is 37.6 Å². The highest BCUT2D eigenvalue weighted by Crippen LogP contribution is 2.35. The van der Waals surface area contributed by atoms with E-state index in [-0.39, 0.29) is 5.57 Å². The van der Waals surface area contributed by atoms with E-state index in [4.69, 9.17) is 0 Å². The Morgan fingerprint density at radius 1 is 1.11 bits per heavy atom. The van der Waals surface area contributed by atoms with Crippen molar-refractivity contribution >= 4 is 5.97 Å². The molecule has 0 aromatic rings. The van der Waals surface area contributed by atoms with E-state index < -0.39 is 37.6 Å². The van der Waals surface area contributed by atoms with Crippen LogP contribution >= 0.6 is 0 Å². The van der Waals surface area contributed by atoms with Crippen LogP contribution in [0.5, 0.6) is 0 Å². The Kier molecular flexibility index (Phi) is 5.65. The van der Waals surface area contributed by atoms with Crippen molar-refractivity contribution < 1.29 is 40.6 Å². The number of ether oxygens (including phenoxy) is 2. The lowest BCUT2D eigenvalue weighted by molar-refractivity contribution is -0.322. The average molecular weight is 280 g/mol. The highest BCUT2D eigenvalue weighted by Gasteiger charge is 2.57. The minimum atomic E-state index is -5.57. The standard InChI is InChI=1S/C9H10F6O3/c1-5(2)6(16)17-3-4-18-7(8(10,11)12)9(13,14)15/h7H,1,3-4H2,2H3. The fourth-order valence-corrected chi connectivity index (χ4v) is 0.798. The first-order valence-electron chi connectivity index (χ1n) is 4.54. The number of rotatable bonds is 5. The van der Waals surface area contributed by atoms with E-state index >= 15 is 0 Å². The molecule has 3 nitrogen and oxygen atoms in total. The molecule has 106 valence electrons. The highest BCUT2D eigenvalue weighted by atomic mass is 19.4. The van der Waals surface area contributed by atoms with E-state index in [1.165, 1.54) is 6.92 Å². The molecule has 0 radical (unpaired) electrons. The van der Waals surface area contributed by atoms with Gasteiger partial charge in [0.2, 0.25) is 6.10 Å². The van der Waals surface area contributed by atoms with Crippen LogP contribution < -0.4 is 0 Å². The zero-order valence-corrected chi connectivity index (χ0v) is 9.19. The van der Waals surface area contributed by atoms with Crippen LogP contribution in [0, 0.1) is 0 Å². The fraction of sp³-hybridized carbons (Fsp3) is 0.667. The molecule has 0 rings (SSSR count). The highest BCUT2D eigenvalue weighted by molar-refractivity contribution is 5.86. The van der Waals surface area contributed by atoms with Crippen LogP contribution in [0.25, 0.3) is 0 Å². The van der Waals surface area contributed by atoms with Gasteiger partial charge in [-0.05, 0) is 6.92 Å². The van der Waals surface area contributed by atoms with Crippen LogP contribution in [-0.2, 0) is 14.3 Å². The molecule has 0 aliphatic carbocycles. The van der Waals surface area contributed by atoms with Crippen LogP contribution in [0.1, 0.15) is 6.92 Å². The fourth-order valence-electron chi connectivity index (χ4n) is 0.798. The van der Waals surface area contributed by atoms with Crippen molar-refractivity contribution in [3.8, 4) is 0 Å². The van der Waals surface area contributed by atoms with Gasteiger partial charge >= 0.3 is 18.3 Å². The van der Waals surface area contributed by atoms with Crippen molar-refractivity contribution in [3.63, 3.8) is 0 Å². The summed E-state index contributed by atoms with van der Waals surface area (Å²) in [6, 6.07) is 0. The molecule has 0 saturated carbocycles. The molecule has 0 heterocycles. The third-order valence-electron chi connectivity index (χ3n) is 1.54. The number of halogens is 6. The summed E-state index contributed by atoms with van der Waals surface area (Å²) in [5.41, 5.74) is -0.0295. The van der Waals surface area contributed by atoms with Gasteiger partial charge in [0.1, 0.15) is 6.61 Å².